The summed E-state index contributed by atoms with van der Waals surface area (Å²) in [4.78, 5) is 43.6. The second-order valence-corrected chi connectivity index (χ2v) is 25.6. The maximum atomic E-state index is 10.0. The van der Waals surface area contributed by atoms with Gasteiger partial charge in [0.1, 0.15) is 0 Å². The smallest absolute Gasteiger partial charge is 0.155 e. The summed E-state index contributed by atoms with van der Waals surface area (Å²) in [7, 11) is 0. The predicted octanol–water partition coefficient (Wildman–Crippen LogP) is 23.4. The number of benzene rings is 13. The number of aliphatic hydroxyl groups is 2. The van der Waals surface area contributed by atoms with Crippen LogP contribution in [0.1, 0.15) is 33.3 Å². The van der Waals surface area contributed by atoms with E-state index in [0.717, 1.165) is 106 Å². The van der Waals surface area contributed by atoms with Crippen molar-refractivity contribution in [2.45, 2.75) is 34.6 Å². The van der Waals surface area contributed by atoms with Gasteiger partial charge in [-0.25, -0.2) is 0 Å². The molecule has 0 atom stereocenters. The first-order valence-corrected chi connectivity index (χ1v) is 35.8. The Balaban J connectivity index is 0.000000171. The largest absolute Gasteiger partial charge is 0.512 e. The van der Waals surface area contributed by atoms with Crippen LogP contribution in [-0.4, -0.2) is 60.2 Å². The van der Waals surface area contributed by atoms with Crippen LogP contribution < -0.4 is 0 Å². The molecule has 0 spiro atoms. The van der Waals surface area contributed by atoms with Crippen LogP contribution in [0.5, 0.6) is 0 Å². The molecule has 0 unspecified atom stereocenters. The molecule has 19 rings (SSSR count). The van der Waals surface area contributed by atoms with Gasteiger partial charge in [0.15, 0.2) is 11.6 Å². The molecule has 0 fully saturated rings. The Morgan fingerprint density at radius 1 is 0.339 bits per heavy atom. The van der Waals surface area contributed by atoms with Crippen molar-refractivity contribution in [1.82, 2.24) is 38.5 Å². The third-order valence-electron chi connectivity index (χ3n) is 17.5. The van der Waals surface area contributed by atoms with Gasteiger partial charge in [-0.15, -0.1) is 173 Å². The van der Waals surface area contributed by atoms with E-state index >= 15 is 0 Å². The molecule has 0 aliphatic carbocycles. The number of aromatic nitrogens is 8. The van der Waals surface area contributed by atoms with Gasteiger partial charge >= 0.3 is 0 Å². The van der Waals surface area contributed by atoms with Gasteiger partial charge in [-0.2, -0.15) is 0 Å². The van der Waals surface area contributed by atoms with Crippen LogP contribution in [0.25, 0.3) is 139 Å². The SMILES string of the molecule is CC(=O)C=C(C)O.CC(=O)C=C(C)O.Cc1cc2ccccc2nc1-c1[c-]cccc1.[Ir].[Ir].[Ir].[Ir].[Ir].[c-]1cccc2c1c1nc3ccccc3n1c1ccccc21.[c-]1ccccc1-c1nc2ccccc2n1-c1ccccc1.[c-]1ccccc1-c1nc2ccccc2n1-c1ccccc1.[c-]1ccccc1-c1nccc2ccccc12. The summed E-state index contributed by atoms with van der Waals surface area (Å²) in [6.07, 6.45) is 4.18. The maximum Gasteiger partial charge on any atom is 0.155 e. The van der Waals surface area contributed by atoms with Crippen LogP contribution in [0.15, 0.2) is 364 Å². The minimum atomic E-state index is -0.125. The number of hydrogen-bond acceptors (Lipinski definition) is 9. The van der Waals surface area contributed by atoms with Gasteiger partial charge in [-0.3, -0.25) is 29.5 Å². The van der Waals surface area contributed by atoms with Gasteiger partial charge in [0.25, 0.3) is 0 Å². The number of hydrogen-bond donors (Lipinski definition) is 2. The molecule has 0 aliphatic rings. The van der Waals surface area contributed by atoms with Crippen molar-refractivity contribution in [1.29, 1.82) is 0 Å². The van der Waals surface area contributed by atoms with Crippen molar-refractivity contribution >= 4 is 93.7 Å². The fraction of sp³-hybridized carbons (Fsp3) is 0.0510. The van der Waals surface area contributed by atoms with Crippen LogP contribution in [-0.2, 0) is 110 Å². The molecular formula is C98H75Ir5N8O4-5. The summed E-state index contributed by atoms with van der Waals surface area (Å²) in [6, 6.07) is 129. The third-order valence-corrected chi connectivity index (χ3v) is 17.5. The standard InChI is InChI=1S/C19H11N2.2C19H13N2.C16H12N.C15H10N.2C5H8O2.5Ir/c1-2-9-15-13(7-1)14-8-3-5-11-17(14)21-18-12-6-4-10-16(18)20-19(15)21;2*1-3-9-15(10-4-1)19-20-17-13-7-8-14-18(17)21(19)16-11-5-2-6-12-16;1-12-11-14-9-5-6-10-15(14)17-16(12)13-7-3-2-4-8-13;1-2-7-13(8-3-1)15-14-9-5-4-6-12(14)10-11-16-15;2*1-4(6)3-5(2)7;;;;;/h1-8,10-12H;2*1-9,11-14H;2-7,9-11H,1H3;1-7,9-11H;2*3,6H,1-2H3;;;;;/q5*-1;;;;;;;. The number of aliphatic hydroxyl groups excluding tert-OH is 2. The molecule has 0 saturated heterocycles. The molecule has 6 aromatic heterocycles. The molecule has 13 aromatic carbocycles. The number of imidazole rings is 3. The summed E-state index contributed by atoms with van der Waals surface area (Å²) < 4.78 is 6.60. The van der Waals surface area contributed by atoms with Gasteiger partial charge in [-0.05, 0) is 146 Å². The predicted molar refractivity (Wildman–Crippen MR) is 448 cm³/mol. The van der Waals surface area contributed by atoms with E-state index in [2.05, 4.69) is 165 Å². The molecule has 0 amide bonds. The third kappa shape index (κ3) is 22.4. The molecule has 12 nitrogen and oxygen atoms in total. The first-order chi connectivity index (χ1) is 53.8. The molecule has 2 N–H and O–H groups in total. The van der Waals surface area contributed by atoms with E-state index in [1.165, 1.54) is 77.9 Å². The number of nitrogens with zero attached hydrogens (tertiary/aromatic N) is 8. The Morgan fingerprint density at radius 3 is 1.19 bits per heavy atom. The van der Waals surface area contributed by atoms with Gasteiger partial charge in [0.05, 0.1) is 67.4 Å². The second-order valence-electron chi connectivity index (χ2n) is 25.6. The van der Waals surface area contributed by atoms with Gasteiger partial charge in [0, 0.05) is 136 Å². The number of fused-ring (bicyclic) bond motifs is 12. The summed E-state index contributed by atoms with van der Waals surface area (Å²) in [6.45, 7) is 7.79. The van der Waals surface area contributed by atoms with E-state index in [0.29, 0.717) is 0 Å². The zero-order valence-electron chi connectivity index (χ0n) is 62.9. The average Bonchev–Trinajstić information content (AvgIpc) is 1.61. The van der Waals surface area contributed by atoms with Crippen LogP contribution in [0.4, 0.5) is 0 Å². The fourth-order valence-corrected chi connectivity index (χ4v) is 12.8. The monoisotopic (exact) mass is 2390 g/mol. The molecule has 6 heterocycles. The van der Waals surface area contributed by atoms with E-state index in [9.17, 15) is 9.59 Å². The summed E-state index contributed by atoms with van der Waals surface area (Å²) >= 11 is 0. The Labute approximate surface area is 736 Å². The number of carbonyl (C=O) groups excluding carboxylic acids is 2. The first kappa shape index (κ1) is 89.3. The van der Waals surface area contributed by atoms with Crippen molar-refractivity contribution in [3.05, 3.63) is 399 Å². The number of aryl methyl sites for hydroxylation is 1. The van der Waals surface area contributed by atoms with Gasteiger partial charge < -0.3 is 28.7 Å². The molecule has 0 bridgehead atoms. The number of ketones is 2. The zero-order valence-corrected chi connectivity index (χ0v) is 74.9. The molecule has 5 radical (unpaired) electrons. The Bertz CT molecular complexity index is 6230. The molecule has 17 heteroatoms. The molecule has 0 saturated carbocycles. The number of allylic oxidation sites excluding steroid dienone is 4. The topological polar surface area (TPSA) is 153 Å². The summed E-state index contributed by atoms with van der Waals surface area (Å²) in [5.74, 6) is 1.71. The molecule has 0 aliphatic heterocycles. The average molecular weight is 2390 g/mol. The van der Waals surface area contributed by atoms with E-state index in [4.69, 9.17) is 30.1 Å². The maximum absolute atomic E-state index is 10.0. The minimum Gasteiger partial charge on any atom is -0.512 e. The Hall–Kier alpha value is -11.2. The second kappa shape index (κ2) is 43.9. The Kier molecular flexibility index (Phi) is 34.1. The summed E-state index contributed by atoms with van der Waals surface area (Å²) in [5.41, 5.74) is 19.1. The van der Waals surface area contributed by atoms with Gasteiger partial charge in [0.2, 0.25) is 0 Å². The minimum absolute atomic E-state index is 0. The summed E-state index contributed by atoms with van der Waals surface area (Å²) in [5, 5.41) is 23.8. The number of pyridine rings is 3. The molecular weight excluding hydrogens is 2310 g/mol. The van der Waals surface area contributed by atoms with E-state index in [-0.39, 0.29) is 124 Å². The Morgan fingerprint density at radius 2 is 0.722 bits per heavy atom. The van der Waals surface area contributed by atoms with Gasteiger partial charge in [-0.1, -0.05) is 150 Å². The number of rotatable bonds is 8. The van der Waals surface area contributed by atoms with Crippen LogP contribution in [0, 0.1) is 37.3 Å². The first-order valence-electron chi connectivity index (χ1n) is 35.8. The molecule has 581 valence electrons. The van der Waals surface area contributed by atoms with Crippen LogP contribution in [0.3, 0.4) is 0 Å². The normalized spacial score (nSPS) is 10.5. The number of carbonyl (C=O) groups is 2. The number of para-hydroxylation sites is 10. The van der Waals surface area contributed by atoms with Crippen LogP contribution in [0.2, 0.25) is 0 Å². The van der Waals surface area contributed by atoms with E-state index in [1.807, 2.05) is 231 Å². The quantitative estimate of drug-likeness (QED) is 0.0655. The van der Waals surface area contributed by atoms with E-state index in [1.54, 1.807) is 0 Å². The van der Waals surface area contributed by atoms with Crippen molar-refractivity contribution in [3.8, 4) is 56.7 Å². The van der Waals surface area contributed by atoms with Crippen molar-refractivity contribution in [2.75, 3.05) is 0 Å². The van der Waals surface area contributed by atoms with Crippen molar-refractivity contribution < 1.29 is 120 Å². The zero-order chi connectivity index (χ0) is 76.1. The molecule has 19 aromatic rings. The van der Waals surface area contributed by atoms with E-state index < -0.39 is 0 Å². The fourth-order valence-electron chi connectivity index (χ4n) is 12.8. The van der Waals surface area contributed by atoms with Crippen molar-refractivity contribution in [2.24, 2.45) is 0 Å². The van der Waals surface area contributed by atoms with Crippen molar-refractivity contribution in [3.63, 3.8) is 0 Å². The molecule has 115 heavy (non-hydrogen) atoms. The van der Waals surface area contributed by atoms with Crippen LogP contribution >= 0.6 is 0 Å².